The van der Waals surface area contributed by atoms with Crippen LogP contribution in [0.4, 0.5) is 0 Å². The van der Waals surface area contributed by atoms with Gasteiger partial charge in [0.1, 0.15) is 21.9 Å². The average Bonchev–Trinajstić information content (AvgIpc) is 3.24. The van der Waals surface area contributed by atoms with Gasteiger partial charge in [-0.2, -0.15) is 0 Å². The van der Waals surface area contributed by atoms with Crippen LogP contribution < -0.4 is 5.56 Å². The Labute approximate surface area is 165 Å². The highest BCUT2D eigenvalue weighted by Crippen LogP contribution is 2.35. The Bertz CT molecular complexity index is 1230. The van der Waals surface area contributed by atoms with E-state index in [0.717, 1.165) is 16.0 Å². The maximum atomic E-state index is 13.1. The van der Waals surface area contributed by atoms with Gasteiger partial charge in [-0.3, -0.25) is 9.36 Å². The first-order valence-corrected chi connectivity index (χ1v) is 9.53. The van der Waals surface area contributed by atoms with Gasteiger partial charge >= 0.3 is 5.97 Å². The van der Waals surface area contributed by atoms with Crippen LogP contribution in [0.15, 0.2) is 51.9 Å². The van der Waals surface area contributed by atoms with Gasteiger partial charge in [0.2, 0.25) is 0 Å². The molecular weight excluding hydrogens is 376 g/mol. The topological polar surface area (TPSA) is 74.3 Å². The summed E-state index contributed by atoms with van der Waals surface area (Å²) in [5.41, 5.74) is 2.22. The third kappa shape index (κ3) is 3.03. The molecule has 0 atom stereocenters. The fourth-order valence-corrected chi connectivity index (χ4v) is 4.38. The van der Waals surface area contributed by atoms with Crippen molar-refractivity contribution in [2.24, 2.45) is 0 Å². The standard InChI is InChI=1S/C21H18N2O4S/c1-12-17-19(28-18(12)14-7-5-4-6-8-14)22-11-23(20(17)24)10-15-9-16(13(2)27-15)21(25)26-3/h4-9,11H,10H2,1-3H3. The Morgan fingerprint density at radius 3 is 2.71 bits per heavy atom. The quantitative estimate of drug-likeness (QED) is 0.486. The normalized spacial score (nSPS) is 11.1. The van der Waals surface area contributed by atoms with Crippen molar-refractivity contribution in [3.05, 3.63) is 75.7 Å². The second-order valence-electron chi connectivity index (χ2n) is 6.45. The second kappa shape index (κ2) is 7.09. The number of aryl methyl sites for hydroxylation is 2. The van der Waals surface area contributed by atoms with E-state index in [1.807, 2.05) is 37.3 Å². The summed E-state index contributed by atoms with van der Waals surface area (Å²) in [6.45, 7) is 3.83. The number of aromatic nitrogens is 2. The molecule has 7 heteroatoms. The van der Waals surface area contributed by atoms with Gasteiger partial charge in [0, 0.05) is 4.88 Å². The lowest BCUT2D eigenvalue weighted by Crippen LogP contribution is -2.20. The Kier molecular flexibility index (Phi) is 4.60. The largest absolute Gasteiger partial charge is 0.465 e. The summed E-state index contributed by atoms with van der Waals surface area (Å²) in [7, 11) is 1.32. The number of thiophene rings is 1. The summed E-state index contributed by atoms with van der Waals surface area (Å²) < 4.78 is 11.9. The number of furan rings is 1. The molecule has 0 amide bonds. The zero-order chi connectivity index (χ0) is 19.8. The number of rotatable bonds is 4. The van der Waals surface area contributed by atoms with E-state index in [-0.39, 0.29) is 12.1 Å². The Morgan fingerprint density at radius 2 is 2.00 bits per heavy atom. The summed E-state index contributed by atoms with van der Waals surface area (Å²) in [4.78, 5) is 31.1. The minimum absolute atomic E-state index is 0.130. The zero-order valence-electron chi connectivity index (χ0n) is 15.7. The number of hydrogen-bond acceptors (Lipinski definition) is 6. The molecule has 1 aromatic carbocycles. The molecule has 0 N–H and O–H groups in total. The van der Waals surface area contributed by atoms with Gasteiger partial charge in [0.15, 0.2) is 0 Å². The molecule has 3 aromatic heterocycles. The van der Waals surface area contributed by atoms with Gasteiger partial charge in [0.25, 0.3) is 5.56 Å². The monoisotopic (exact) mass is 394 g/mol. The SMILES string of the molecule is COC(=O)c1cc(Cn2cnc3sc(-c4ccccc4)c(C)c3c2=O)oc1C. The highest BCUT2D eigenvalue weighted by atomic mass is 32.1. The maximum absolute atomic E-state index is 13.1. The molecule has 0 bridgehead atoms. The lowest BCUT2D eigenvalue weighted by atomic mass is 10.1. The Morgan fingerprint density at radius 1 is 1.25 bits per heavy atom. The highest BCUT2D eigenvalue weighted by molar-refractivity contribution is 7.22. The fourth-order valence-electron chi connectivity index (χ4n) is 3.24. The zero-order valence-corrected chi connectivity index (χ0v) is 16.5. The molecule has 0 aliphatic heterocycles. The Hall–Kier alpha value is -3.19. The van der Waals surface area contributed by atoms with Gasteiger partial charge in [-0.25, -0.2) is 9.78 Å². The molecule has 0 saturated carbocycles. The minimum Gasteiger partial charge on any atom is -0.465 e. The lowest BCUT2D eigenvalue weighted by molar-refractivity contribution is 0.0599. The molecule has 0 saturated heterocycles. The van der Waals surface area contributed by atoms with Gasteiger partial charge in [-0.1, -0.05) is 30.3 Å². The molecule has 0 spiro atoms. The van der Waals surface area contributed by atoms with E-state index >= 15 is 0 Å². The third-order valence-electron chi connectivity index (χ3n) is 4.65. The van der Waals surface area contributed by atoms with Gasteiger partial charge in [-0.05, 0) is 31.0 Å². The number of esters is 1. The third-order valence-corrected chi connectivity index (χ3v) is 5.90. The first-order valence-electron chi connectivity index (χ1n) is 8.71. The van der Waals surface area contributed by atoms with Gasteiger partial charge in [0.05, 0.1) is 25.4 Å². The van der Waals surface area contributed by atoms with Crippen molar-refractivity contribution in [1.82, 2.24) is 9.55 Å². The van der Waals surface area contributed by atoms with Crippen molar-refractivity contribution in [1.29, 1.82) is 0 Å². The van der Waals surface area contributed by atoms with E-state index in [9.17, 15) is 9.59 Å². The summed E-state index contributed by atoms with van der Waals surface area (Å²) in [6, 6.07) is 11.6. The summed E-state index contributed by atoms with van der Waals surface area (Å²) in [5.74, 6) is 0.494. The number of methoxy groups -OCH3 is 1. The summed E-state index contributed by atoms with van der Waals surface area (Å²) in [6.07, 6.45) is 1.52. The number of carbonyl (C=O) groups excluding carboxylic acids is 1. The molecule has 3 heterocycles. The maximum Gasteiger partial charge on any atom is 0.341 e. The summed E-state index contributed by atoms with van der Waals surface area (Å²) >= 11 is 1.51. The summed E-state index contributed by atoms with van der Waals surface area (Å²) in [5, 5.41) is 0.614. The number of nitrogens with zero attached hydrogens (tertiary/aromatic N) is 2. The number of hydrogen-bond donors (Lipinski definition) is 0. The number of fused-ring (bicyclic) bond motifs is 1. The van der Waals surface area contributed by atoms with E-state index in [0.29, 0.717) is 27.3 Å². The molecule has 0 radical (unpaired) electrons. The number of carbonyl (C=O) groups is 1. The molecule has 142 valence electrons. The molecule has 0 fully saturated rings. The molecule has 6 nitrogen and oxygen atoms in total. The van der Waals surface area contributed by atoms with E-state index in [1.165, 1.54) is 29.3 Å². The van der Waals surface area contributed by atoms with Crippen molar-refractivity contribution >= 4 is 27.5 Å². The smallest absolute Gasteiger partial charge is 0.341 e. The van der Waals surface area contributed by atoms with Crippen molar-refractivity contribution in [2.45, 2.75) is 20.4 Å². The van der Waals surface area contributed by atoms with Gasteiger partial charge < -0.3 is 9.15 Å². The Balaban J connectivity index is 1.76. The number of benzene rings is 1. The predicted octanol–water partition coefficient (Wildman–Crippen LogP) is 4.17. The molecule has 0 aliphatic carbocycles. The molecule has 28 heavy (non-hydrogen) atoms. The lowest BCUT2D eigenvalue weighted by Gasteiger charge is -2.03. The van der Waals surface area contributed by atoms with Crippen LogP contribution in [0.25, 0.3) is 20.7 Å². The first kappa shape index (κ1) is 18.2. The van der Waals surface area contributed by atoms with Gasteiger partial charge in [-0.15, -0.1) is 11.3 Å². The van der Waals surface area contributed by atoms with Crippen LogP contribution in [-0.4, -0.2) is 22.6 Å². The average molecular weight is 394 g/mol. The fraction of sp³-hybridized carbons (Fsp3) is 0.190. The number of ether oxygens (including phenoxy) is 1. The van der Waals surface area contributed by atoms with Crippen molar-refractivity contribution in [2.75, 3.05) is 7.11 Å². The van der Waals surface area contributed by atoms with Crippen LogP contribution in [-0.2, 0) is 11.3 Å². The minimum atomic E-state index is -0.463. The predicted molar refractivity (Wildman–Crippen MR) is 108 cm³/mol. The van der Waals surface area contributed by atoms with Crippen LogP contribution in [0, 0.1) is 13.8 Å². The second-order valence-corrected chi connectivity index (χ2v) is 7.45. The van der Waals surface area contributed by atoms with Crippen LogP contribution in [0.2, 0.25) is 0 Å². The first-order chi connectivity index (χ1) is 13.5. The molecule has 0 aliphatic rings. The van der Waals surface area contributed by atoms with E-state index in [1.54, 1.807) is 13.0 Å². The van der Waals surface area contributed by atoms with Crippen molar-refractivity contribution < 1.29 is 13.9 Å². The van der Waals surface area contributed by atoms with E-state index in [4.69, 9.17) is 9.15 Å². The van der Waals surface area contributed by atoms with Crippen LogP contribution in [0.3, 0.4) is 0 Å². The molecule has 4 aromatic rings. The van der Waals surface area contributed by atoms with Crippen molar-refractivity contribution in [3.8, 4) is 10.4 Å². The molecule has 0 unspecified atom stereocenters. The van der Waals surface area contributed by atoms with E-state index < -0.39 is 5.97 Å². The van der Waals surface area contributed by atoms with Crippen LogP contribution in [0.5, 0.6) is 0 Å². The molecule has 4 rings (SSSR count). The van der Waals surface area contributed by atoms with Crippen molar-refractivity contribution in [3.63, 3.8) is 0 Å². The molecular formula is C21H18N2O4S. The van der Waals surface area contributed by atoms with E-state index in [2.05, 4.69) is 4.98 Å². The van der Waals surface area contributed by atoms with Crippen LogP contribution in [0.1, 0.15) is 27.4 Å². The van der Waals surface area contributed by atoms with Crippen LogP contribution >= 0.6 is 11.3 Å². The highest BCUT2D eigenvalue weighted by Gasteiger charge is 2.18.